The highest BCUT2D eigenvalue weighted by Crippen LogP contribution is 2.27. The molecule has 5 heteroatoms. The lowest BCUT2D eigenvalue weighted by molar-refractivity contribution is 0.0698. The lowest BCUT2D eigenvalue weighted by atomic mass is 10.1. The van der Waals surface area contributed by atoms with Gasteiger partial charge in [-0.05, 0) is 31.0 Å². The molecule has 0 spiro atoms. The third kappa shape index (κ3) is 3.03. The fraction of sp³-hybridized carbons (Fsp3) is 0.462. The molecule has 0 aliphatic heterocycles. The monoisotopic (exact) mass is 313 g/mol. The average molecular weight is 314 g/mol. The number of aliphatic hydroxyl groups is 1. The van der Waals surface area contributed by atoms with E-state index in [1.165, 1.54) is 0 Å². The van der Waals surface area contributed by atoms with Crippen LogP contribution in [0.3, 0.4) is 0 Å². The van der Waals surface area contributed by atoms with Crippen molar-refractivity contribution in [1.82, 2.24) is 0 Å². The number of hydrogen-bond acceptors (Lipinski definition) is 3. The molecule has 1 aliphatic carbocycles. The molecular formula is C13H16BrNO3. The van der Waals surface area contributed by atoms with E-state index in [0.29, 0.717) is 12.2 Å². The van der Waals surface area contributed by atoms with Crippen molar-refractivity contribution in [3.8, 4) is 0 Å². The second kappa shape index (κ2) is 5.71. The van der Waals surface area contributed by atoms with Gasteiger partial charge in [0.1, 0.15) is 0 Å². The van der Waals surface area contributed by atoms with Crippen LogP contribution in [0.25, 0.3) is 0 Å². The van der Waals surface area contributed by atoms with Crippen LogP contribution in [-0.2, 0) is 0 Å². The highest BCUT2D eigenvalue weighted by atomic mass is 79.9. The van der Waals surface area contributed by atoms with E-state index in [9.17, 15) is 9.90 Å². The molecule has 2 atom stereocenters. The Kier molecular flexibility index (Phi) is 4.24. The summed E-state index contributed by atoms with van der Waals surface area (Å²) < 4.78 is 0.835. The van der Waals surface area contributed by atoms with Crippen LogP contribution in [0.1, 0.15) is 29.6 Å². The largest absolute Gasteiger partial charge is 0.478 e. The van der Waals surface area contributed by atoms with Crippen molar-refractivity contribution in [2.75, 3.05) is 11.9 Å². The fourth-order valence-electron chi connectivity index (χ4n) is 2.35. The highest BCUT2D eigenvalue weighted by molar-refractivity contribution is 9.10. The van der Waals surface area contributed by atoms with E-state index in [1.807, 2.05) is 0 Å². The minimum absolute atomic E-state index is 0.214. The Morgan fingerprint density at radius 2 is 2.22 bits per heavy atom. The summed E-state index contributed by atoms with van der Waals surface area (Å²) in [6.07, 6.45) is 2.61. The maximum atomic E-state index is 11.1. The van der Waals surface area contributed by atoms with Crippen molar-refractivity contribution >= 4 is 27.6 Å². The summed E-state index contributed by atoms with van der Waals surface area (Å²) in [7, 11) is 0. The fourth-order valence-corrected chi connectivity index (χ4v) is 2.71. The lowest BCUT2D eigenvalue weighted by Crippen LogP contribution is -2.22. The zero-order valence-electron chi connectivity index (χ0n) is 9.90. The molecule has 98 valence electrons. The molecule has 0 saturated heterocycles. The van der Waals surface area contributed by atoms with Crippen molar-refractivity contribution in [2.24, 2.45) is 5.92 Å². The van der Waals surface area contributed by atoms with Crippen molar-refractivity contribution < 1.29 is 15.0 Å². The molecule has 0 bridgehead atoms. The van der Waals surface area contributed by atoms with Gasteiger partial charge >= 0.3 is 5.97 Å². The van der Waals surface area contributed by atoms with Gasteiger partial charge in [-0.3, -0.25) is 0 Å². The van der Waals surface area contributed by atoms with Gasteiger partial charge < -0.3 is 15.5 Å². The van der Waals surface area contributed by atoms with Crippen molar-refractivity contribution in [3.05, 3.63) is 28.2 Å². The van der Waals surface area contributed by atoms with Gasteiger partial charge in [0.15, 0.2) is 0 Å². The number of anilines is 1. The Balaban J connectivity index is 2.08. The number of carboxylic acid groups (broad SMARTS) is 1. The quantitative estimate of drug-likeness (QED) is 0.799. The molecule has 1 aromatic rings. The standard InChI is InChI=1S/C13H16BrNO3/c14-9-4-5-10(13(17)18)11(6-9)15-7-8-2-1-3-12(8)16/h4-6,8,12,15-16H,1-3,7H2,(H,17,18). The van der Waals surface area contributed by atoms with Crippen LogP contribution in [0.4, 0.5) is 5.69 Å². The molecular weight excluding hydrogens is 298 g/mol. The van der Waals surface area contributed by atoms with Gasteiger partial charge in [-0.25, -0.2) is 4.79 Å². The van der Waals surface area contributed by atoms with Crippen LogP contribution in [0.5, 0.6) is 0 Å². The van der Waals surface area contributed by atoms with Crippen LogP contribution in [0.15, 0.2) is 22.7 Å². The Morgan fingerprint density at radius 1 is 1.44 bits per heavy atom. The van der Waals surface area contributed by atoms with Crippen LogP contribution in [0, 0.1) is 5.92 Å². The minimum Gasteiger partial charge on any atom is -0.478 e. The van der Waals surface area contributed by atoms with Crippen molar-refractivity contribution in [3.63, 3.8) is 0 Å². The second-order valence-corrected chi connectivity index (χ2v) is 5.55. The second-order valence-electron chi connectivity index (χ2n) is 4.63. The summed E-state index contributed by atoms with van der Waals surface area (Å²) in [5.41, 5.74) is 0.849. The SMILES string of the molecule is O=C(O)c1ccc(Br)cc1NCC1CCCC1O. The first-order valence-corrected chi connectivity index (χ1v) is 6.82. The van der Waals surface area contributed by atoms with Crippen molar-refractivity contribution in [1.29, 1.82) is 0 Å². The minimum atomic E-state index is -0.947. The summed E-state index contributed by atoms with van der Waals surface area (Å²) in [6.45, 7) is 0.609. The van der Waals surface area contributed by atoms with E-state index in [0.717, 1.165) is 23.7 Å². The number of carboxylic acids is 1. The van der Waals surface area contributed by atoms with Crippen LogP contribution < -0.4 is 5.32 Å². The molecule has 1 aliphatic rings. The number of hydrogen-bond donors (Lipinski definition) is 3. The third-order valence-corrected chi connectivity index (χ3v) is 3.88. The number of halogens is 1. The molecule has 0 heterocycles. The first kappa shape index (κ1) is 13.4. The van der Waals surface area contributed by atoms with Gasteiger partial charge in [0.05, 0.1) is 11.7 Å². The molecule has 1 aromatic carbocycles. The van der Waals surface area contributed by atoms with Crippen LogP contribution in [0.2, 0.25) is 0 Å². The number of aromatic carboxylic acids is 1. The van der Waals surface area contributed by atoms with Gasteiger partial charge in [-0.15, -0.1) is 0 Å². The van der Waals surface area contributed by atoms with Crippen LogP contribution in [-0.4, -0.2) is 28.8 Å². The van der Waals surface area contributed by atoms with Gasteiger partial charge in [0, 0.05) is 22.6 Å². The number of carbonyl (C=O) groups is 1. The summed E-state index contributed by atoms with van der Waals surface area (Å²) in [5, 5.41) is 22.0. The number of benzene rings is 1. The highest BCUT2D eigenvalue weighted by Gasteiger charge is 2.25. The summed E-state index contributed by atoms with van der Waals surface area (Å²) in [4.78, 5) is 11.1. The Hall–Kier alpha value is -1.07. The molecule has 4 nitrogen and oxygen atoms in total. The van der Waals surface area contributed by atoms with Gasteiger partial charge in [0.25, 0.3) is 0 Å². The Morgan fingerprint density at radius 3 is 2.83 bits per heavy atom. The van der Waals surface area contributed by atoms with E-state index in [2.05, 4.69) is 21.2 Å². The molecule has 2 rings (SSSR count). The van der Waals surface area contributed by atoms with E-state index in [4.69, 9.17) is 5.11 Å². The molecule has 0 aromatic heterocycles. The Labute approximate surface area is 114 Å². The summed E-state index contributed by atoms with van der Waals surface area (Å²) in [5.74, 6) is -0.734. The maximum absolute atomic E-state index is 11.1. The van der Waals surface area contributed by atoms with Crippen molar-refractivity contribution in [2.45, 2.75) is 25.4 Å². The summed E-state index contributed by atoms with van der Waals surface area (Å²) in [6, 6.07) is 5.03. The van der Waals surface area contributed by atoms with E-state index in [1.54, 1.807) is 18.2 Å². The predicted molar refractivity (Wildman–Crippen MR) is 72.9 cm³/mol. The van der Waals surface area contributed by atoms with E-state index < -0.39 is 5.97 Å². The lowest BCUT2D eigenvalue weighted by Gasteiger charge is -2.17. The zero-order chi connectivity index (χ0) is 13.1. The molecule has 1 fully saturated rings. The molecule has 18 heavy (non-hydrogen) atoms. The maximum Gasteiger partial charge on any atom is 0.337 e. The number of aliphatic hydroxyl groups excluding tert-OH is 1. The van der Waals surface area contributed by atoms with Gasteiger partial charge in [-0.1, -0.05) is 22.4 Å². The zero-order valence-corrected chi connectivity index (χ0v) is 11.5. The first-order valence-electron chi connectivity index (χ1n) is 6.02. The molecule has 1 saturated carbocycles. The molecule has 0 radical (unpaired) electrons. The number of rotatable bonds is 4. The summed E-state index contributed by atoms with van der Waals surface area (Å²) >= 11 is 3.33. The van der Waals surface area contributed by atoms with Gasteiger partial charge in [0.2, 0.25) is 0 Å². The normalized spacial score (nSPS) is 23.0. The topological polar surface area (TPSA) is 69.6 Å². The molecule has 0 amide bonds. The predicted octanol–water partition coefficient (Wildman–Crippen LogP) is 2.72. The smallest absolute Gasteiger partial charge is 0.337 e. The van der Waals surface area contributed by atoms with E-state index >= 15 is 0 Å². The third-order valence-electron chi connectivity index (χ3n) is 3.39. The molecule has 2 unspecified atom stereocenters. The van der Waals surface area contributed by atoms with E-state index in [-0.39, 0.29) is 17.6 Å². The van der Waals surface area contributed by atoms with Crippen LogP contribution >= 0.6 is 15.9 Å². The first-order chi connectivity index (χ1) is 8.58. The average Bonchev–Trinajstić information content (AvgIpc) is 2.72. The van der Waals surface area contributed by atoms with Gasteiger partial charge in [-0.2, -0.15) is 0 Å². The molecule has 3 N–H and O–H groups in total. The number of nitrogens with one attached hydrogen (secondary N) is 1. The Bertz CT molecular complexity index is 450.